The van der Waals surface area contributed by atoms with Crippen molar-refractivity contribution in [1.29, 1.82) is 0 Å². The minimum Gasteiger partial charge on any atom is -0.506 e. The van der Waals surface area contributed by atoms with Gasteiger partial charge in [0.15, 0.2) is 0 Å². The molecule has 3 N–H and O–H groups in total. The fraction of sp³-hybridized carbons (Fsp3) is 0.455. The van der Waals surface area contributed by atoms with E-state index in [-0.39, 0.29) is 11.8 Å². The van der Waals surface area contributed by atoms with Crippen LogP contribution in [0, 0.1) is 5.92 Å². The van der Waals surface area contributed by atoms with E-state index in [1.165, 1.54) is 0 Å². The Morgan fingerprint density at radius 1 is 1.43 bits per heavy atom. The third-order valence-corrected chi connectivity index (χ3v) is 2.64. The zero-order valence-corrected chi connectivity index (χ0v) is 9.25. The number of halogens is 1. The second kappa shape index (κ2) is 4.67. The summed E-state index contributed by atoms with van der Waals surface area (Å²) >= 11 is 5.79. The lowest BCUT2D eigenvalue weighted by Crippen LogP contribution is -2.28. The van der Waals surface area contributed by atoms with E-state index in [0.29, 0.717) is 10.9 Å². The number of hydrogen-bond acceptors (Lipinski definition) is 2. The summed E-state index contributed by atoms with van der Waals surface area (Å²) < 4.78 is 0. The quantitative estimate of drug-likeness (QED) is 0.811. The second-order valence-corrected chi connectivity index (χ2v) is 4.30. The van der Waals surface area contributed by atoms with Crippen LogP contribution in [0.25, 0.3) is 0 Å². The predicted octanol–water partition coefficient (Wildman–Crippen LogP) is 2.57. The average Bonchev–Trinajstić information content (AvgIpc) is 2.11. The van der Waals surface area contributed by atoms with Gasteiger partial charge in [-0.2, -0.15) is 0 Å². The first-order valence-corrected chi connectivity index (χ1v) is 5.11. The van der Waals surface area contributed by atoms with Gasteiger partial charge in [0.2, 0.25) is 0 Å². The van der Waals surface area contributed by atoms with Crippen molar-refractivity contribution < 1.29 is 5.11 Å². The molecule has 0 radical (unpaired) electrons. The summed E-state index contributed by atoms with van der Waals surface area (Å²) in [6.07, 6.45) is 0.789. The van der Waals surface area contributed by atoms with Crippen LogP contribution in [-0.4, -0.2) is 11.1 Å². The third-order valence-electron chi connectivity index (χ3n) is 2.34. The Morgan fingerprint density at radius 3 is 2.57 bits per heavy atom. The number of nitrogens with two attached hydrogens (primary N) is 1. The first kappa shape index (κ1) is 11.3. The molecule has 78 valence electrons. The summed E-state index contributed by atoms with van der Waals surface area (Å²) in [5.41, 5.74) is 6.99. The SMILES string of the molecule is CC(C)C(N)Cc1ccc(O)c(Cl)c1. The molecule has 0 aromatic heterocycles. The molecule has 14 heavy (non-hydrogen) atoms. The van der Waals surface area contributed by atoms with Crippen molar-refractivity contribution in [3.05, 3.63) is 28.8 Å². The van der Waals surface area contributed by atoms with E-state index in [9.17, 15) is 5.11 Å². The van der Waals surface area contributed by atoms with Gasteiger partial charge in [0.05, 0.1) is 5.02 Å². The van der Waals surface area contributed by atoms with Crippen LogP contribution in [0.1, 0.15) is 19.4 Å². The van der Waals surface area contributed by atoms with Gasteiger partial charge in [-0.15, -0.1) is 0 Å². The van der Waals surface area contributed by atoms with Crippen LogP contribution < -0.4 is 5.73 Å². The zero-order chi connectivity index (χ0) is 10.7. The van der Waals surface area contributed by atoms with Crippen molar-refractivity contribution in [3.8, 4) is 5.75 Å². The first-order chi connectivity index (χ1) is 6.50. The van der Waals surface area contributed by atoms with Gasteiger partial charge in [-0.3, -0.25) is 0 Å². The lowest BCUT2D eigenvalue weighted by molar-refractivity contribution is 0.473. The van der Waals surface area contributed by atoms with Crippen LogP contribution in [0.3, 0.4) is 0 Å². The lowest BCUT2D eigenvalue weighted by atomic mass is 9.97. The van der Waals surface area contributed by atoms with Crippen LogP contribution >= 0.6 is 11.6 Å². The van der Waals surface area contributed by atoms with Gasteiger partial charge in [-0.05, 0) is 30.0 Å². The molecule has 0 saturated carbocycles. The largest absolute Gasteiger partial charge is 0.506 e. The molecule has 0 spiro atoms. The van der Waals surface area contributed by atoms with E-state index in [1.54, 1.807) is 12.1 Å². The number of phenolic OH excluding ortho intramolecular Hbond substituents is 1. The van der Waals surface area contributed by atoms with Crippen LogP contribution in [0.2, 0.25) is 5.02 Å². The van der Waals surface area contributed by atoms with E-state index in [0.717, 1.165) is 12.0 Å². The van der Waals surface area contributed by atoms with Crippen molar-refractivity contribution in [2.45, 2.75) is 26.3 Å². The van der Waals surface area contributed by atoms with Gasteiger partial charge < -0.3 is 10.8 Å². The number of phenols is 1. The molecule has 0 heterocycles. The summed E-state index contributed by atoms with van der Waals surface area (Å²) in [6, 6.07) is 5.35. The monoisotopic (exact) mass is 213 g/mol. The molecule has 1 aromatic rings. The number of hydrogen-bond donors (Lipinski definition) is 2. The van der Waals surface area contributed by atoms with Crippen LogP contribution in [-0.2, 0) is 6.42 Å². The fourth-order valence-electron chi connectivity index (χ4n) is 1.19. The zero-order valence-electron chi connectivity index (χ0n) is 8.50. The Kier molecular flexibility index (Phi) is 3.78. The van der Waals surface area contributed by atoms with Crippen molar-refractivity contribution in [2.75, 3.05) is 0 Å². The topological polar surface area (TPSA) is 46.2 Å². The molecule has 0 fully saturated rings. The van der Waals surface area contributed by atoms with Gasteiger partial charge >= 0.3 is 0 Å². The highest BCUT2D eigenvalue weighted by atomic mass is 35.5. The standard InChI is InChI=1S/C11H16ClNO/c1-7(2)10(13)6-8-3-4-11(14)9(12)5-8/h3-5,7,10,14H,6,13H2,1-2H3. The average molecular weight is 214 g/mol. The molecule has 1 aromatic carbocycles. The highest BCUT2D eigenvalue weighted by Crippen LogP contribution is 2.24. The lowest BCUT2D eigenvalue weighted by Gasteiger charge is -2.15. The molecule has 1 atom stereocenters. The molecule has 0 saturated heterocycles. The summed E-state index contributed by atoms with van der Waals surface area (Å²) in [6.45, 7) is 4.18. The number of rotatable bonds is 3. The normalized spacial score (nSPS) is 13.2. The Balaban J connectivity index is 2.73. The molecule has 1 unspecified atom stereocenters. The summed E-state index contributed by atoms with van der Waals surface area (Å²) in [7, 11) is 0. The van der Waals surface area contributed by atoms with Crippen molar-refractivity contribution in [2.24, 2.45) is 11.7 Å². The Morgan fingerprint density at radius 2 is 2.07 bits per heavy atom. The van der Waals surface area contributed by atoms with Crippen LogP contribution in [0.5, 0.6) is 5.75 Å². The molecule has 1 rings (SSSR count). The predicted molar refractivity (Wildman–Crippen MR) is 59.6 cm³/mol. The summed E-state index contributed by atoms with van der Waals surface area (Å²) in [4.78, 5) is 0. The fourth-order valence-corrected chi connectivity index (χ4v) is 1.39. The maximum absolute atomic E-state index is 9.22. The first-order valence-electron chi connectivity index (χ1n) is 4.73. The molecule has 0 amide bonds. The van der Waals surface area contributed by atoms with E-state index >= 15 is 0 Å². The third kappa shape index (κ3) is 2.89. The maximum Gasteiger partial charge on any atom is 0.134 e. The molecule has 0 aliphatic rings. The van der Waals surface area contributed by atoms with Crippen molar-refractivity contribution >= 4 is 11.6 Å². The smallest absolute Gasteiger partial charge is 0.134 e. The molecular formula is C11H16ClNO. The van der Waals surface area contributed by atoms with Gasteiger partial charge in [-0.1, -0.05) is 31.5 Å². The minimum absolute atomic E-state index is 0.119. The highest BCUT2D eigenvalue weighted by Gasteiger charge is 2.09. The molecule has 0 bridgehead atoms. The Hall–Kier alpha value is -0.730. The second-order valence-electron chi connectivity index (χ2n) is 3.90. The van der Waals surface area contributed by atoms with Crippen LogP contribution in [0.4, 0.5) is 0 Å². The van der Waals surface area contributed by atoms with Gasteiger partial charge in [0.25, 0.3) is 0 Å². The van der Waals surface area contributed by atoms with E-state index < -0.39 is 0 Å². The highest BCUT2D eigenvalue weighted by molar-refractivity contribution is 6.32. The molecular weight excluding hydrogens is 198 g/mol. The van der Waals surface area contributed by atoms with E-state index in [1.807, 2.05) is 6.07 Å². The number of benzene rings is 1. The Bertz CT molecular complexity index is 312. The van der Waals surface area contributed by atoms with Gasteiger partial charge in [-0.25, -0.2) is 0 Å². The summed E-state index contributed by atoms with van der Waals surface area (Å²) in [5, 5.41) is 9.61. The van der Waals surface area contributed by atoms with Gasteiger partial charge in [0.1, 0.15) is 5.75 Å². The van der Waals surface area contributed by atoms with Crippen LogP contribution in [0.15, 0.2) is 18.2 Å². The minimum atomic E-state index is 0.119. The van der Waals surface area contributed by atoms with Crippen molar-refractivity contribution in [1.82, 2.24) is 0 Å². The molecule has 0 aliphatic carbocycles. The van der Waals surface area contributed by atoms with E-state index in [2.05, 4.69) is 13.8 Å². The van der Waals surface area contributed by atoms with Crippen molar-refractivity contribution in [3.63, 3.8) is 0 Å². The summed E-state index contributed by atoms with van der Waals surface area (Å²) in [5.74, 6) is 0.566. The molecule has 2 nitrogen and oxygen atoms in total. The van der Waals surface area contributed by atoms with E-state index in [4.69, 9.17) is 17.3 Å². The Labute approximate surface area is 89.7 Å². The maximum atomic E-state index is 9.22. The number of aromatic hydroxyl groups is 1. The molecule has 0 aliphatic heterocycles. The van der Waals surface area contributed by atoms with Gasteiger partial charge in [0, 0.05) is 6.04 Å². The molecule has 3 heteroatoms.